The van der Waals surface area contributed by atoms with Gasteiger partial charge < -0.3 is 4.74 Å². The van der Waals surface area contributed by atoms with Crippen LogP contribution in [0, 0.1) is 13.8 Å². The van der Waals surface area contributed by atoms with E-state index < -0.39 is 0 Å². The van der Waals surface area contributed by atoms with Gasteiger partial charge in [-0.1, -0.05) is 59.7 Å². The first-order valence-corrected chi connectivity index (χ1v) is 7.57. The van der Waals surface area contributed by atoms with Crippen molar-refractivity contribution in [2.24, 2.45) is 0 Å². The maximum atomic E-state index is 6.17. The van der Waals surface area contributed by atoms with Crippen LogP contribution in [0.5, 0.6) is 0 Å². The smallest absolute Gasteiger partial charge is 0.0902 e. The predicted molar refractivity (Wildman–Crippen MR) is 86.3 cm³/mol. The first kappa shape index (κ1) is 14.3. The number of ether oxygens (including phenoxy) is 1. The summed E-state index contributed by atoms with van der Waals surface area (Å²) in [4.78, 5) is 2.35. The molecule has 2 aromatic rings. The number of benzene rings is 2. The molecule has 1 saturated heterocycles. The highest BCUT2D eigenvalue weighted by Gasteiger charge is 2.38. The fraction of sp³-hybridized carbons (Fsp3) is 0.368. The van der Waals surface area contributed by atoms with Gasteiger partial charge in [-0.15, -0.1) is 0 Å². The molecule has 2 aromatic carbocycles. The van der Waals surface area contributed by atoms with Gasteiger partial charge in [0.2, 0.25) is 0 Å². The molecule has 1 fully saturated rings. The summed E-state index contributed by atoms with van der Waals surface area (Å²) in [5.41, 5.74) is 5.23. The van der Waals surface area contributed by atoms with Crippen LogP contribution < -0.4 is 0 Å². The molecule has 2 heteroatoms. The van der Waals surface area contributed by atoms with Crippen LogP contribution in [-0.4, -0.2) is 24.6 Å². The highest BCUT2D eigenvalue weighted by molar-refractivity contribution is 5.28. The number of likely N-dealkylation sites (N-methyl/N-ethyl adjacent to an activating group) is 1. The summed E-state index contributed by atoms with van der Waals surface area (Å²) in [5, 5.41) is 0. The van der Waals surface area contributed by atoms with Crippen molar-refractivity contribution in [1.82, 2.24) is 4.90 Å². The zero-order valence-electron chi connectivity index (χ0n) is 13.0. The molecule has 0 aromatic heterocycles. The molecular formula is C19H23NO. The van der Waals surface area contributed by atoms with Crippen LogP contribution in [0.15, 0.2) is 48.5 Å². The van der Waals surface area contributed by atoms with Crippen LogP contribution in [-0.2, 0) is 11.3 Å². The third-order valence-electron chi connectivity index (χ3n) is 4.18. The van der Waals surface area contributed by atoms with Gasteiger partial charge in [0, 0.05) is 6.54 Å². The van der Waals surface area contributed by atoms with Crippen LogP contribution in [0.1, 0.15) is 28.3 Å². The molecule has 2 nitrogen and oxygen atoms in total. The van der Waals surface area contributed by atoms with Crippen molar-refractivity contribution in [2.45, 2.75) is 32.6 Å². The first-order valence-electron chi connectivity index (χ1n) is 7.57. The van der Waals surface area contributed by atoms with Gasteiger partial charge in [-0.05, 0) is 32.0 Å². The minimum absolute atomic E-state index is 0.290. The maximum absolute atomic E-state index is 6.17. The monoisotopic (exact) mass is 281 g/mol. The van der Waals surface area contributed by atoms with Crippen molar-refractivity contribution >= 4 is 0 Å². The molecule has 1 heterocycles. The van der Waals surface area contributed by atoms with Gasteiger partial charge in [0.1, 0.15) is 0 Å². The predicted octanol–water partition coefficient (Wildman–Crippen LogP) is 3.88. The van der Waals surface area contributed by atoms with E-state index in [1.54, 1.807) is 0 Å². The Labute approximate surface area is 127 Å². The summed E-state index contributed by atoms with van der Waals surface area (Å²) in [5.74, 6) is 0. The fourth-order valence-electron chi connectivity index (χ4n) is 3.26. The Morgan fingerprint density at radius 1 is 1.05 bits per heavy atom. The molecule has 1 aliphatic heterocycles. The molecule has 0 unspecified atom stereocenters. The lowest BCUT2D eigenvalue weighted by molar-refractivity contribution is -0.102. The summed E-state index contributed by atoms with van der Waals surface area (Å²) in [6.07, 6.45) is 0.290. The summed E-state index contributed by atoms with van der Waals surface area (Å²) < 4.78 is 6.17. The Kier molecular flexibility index (Phi) is 4.09. The Hall–Kier alpha value is -1.64. The SMILES string of the molecule is Cc1cc(C)cc(CO[C@H]2CN(C)[C@H]2c2ccccc2)c1. The molecule has 0 N–H and O–H groups in total. The van der Waals surface area contributed by atoms with Crippen LogP contribution >= 0.6 is 0 Å². The Balaban J connectivity index is 1.65. The maximum Gasteiger partial charge on any atom is 0.0902 e. The molecule has 0 radical (unpaired) electrons. The lowest BCUT2D eigenvalue weighted by Crippen LogP contribution is -2.52. The molecule has 0 bridgehead atoms. The Bertz CT molecular complexity index is 588. The number of nitrogens with zero attached hydrogens (tertiary/aromatic N) is 1. The van der Waals surface area contributed by atoms with E-state index in [0.717, 1.165) is 6.54 Å². The van der Waals surface area contributed by atoms with Gasteiger partial charge in [0.15, 0.2) is 0 Å². The highest BCUT2D eigenvalue weighted by atomic mass is 16.5. The van der Waals surface area contributed by atoms with E-state index in [1.165, 1.54) is 22.3 Å². The normalized spacial score (nSPS) is 22.0. The minimum atomic E-state index is 0.290. The van der Waals surface area contributed by atoms with E-state index in [9.17, 15) is 0 Å². The van der Waals surface area contributed by atoms with Gasteiger partial charge in [-0.2, -0.15) is 0 Å². The van der Waals surface area contributed by atoms with Crippen LogP contribution in [0.4, 0.5) is 0 Å². The van der Waals surface area contributed by atoms with E-state index in [4.69, 9.17) is 4.74 Å². The van der Waals surface area contributed by atoms with Gasteiger partial charge >= 0.3 is 0 Å². The highest BCUT2D eigenvalue weighted by Crippen LogP contribution is 2.34. The first-order chi connectivity index (χ1) is 10.1. The molecule has 0 spiro atoms. The second-order valence-corrected chi connectivity index (χ2v) is 6.14. The Morgan fingerprint density at radius 2 is 1.71 bits per heavy atom. The zero-order chi connectivity index (χ0) is 14.8. The average Bonchev–Trinajstić information content (AvgIpc) is 2.43. The summed E-state index contributed by atoms with van der Waals surface area (Å²) in [6.45, 7) is 5.98. The standard InChI is InChI=1S/C19H23NO/c1-14-9-15(2)11-16(10-14)13-21-18-12-20(3)19(18)17-7-5-4-6-8-17/h4-11,18-19H,12-13H2,1-3H3/t18-,19-/m0/s1. The average molecular weight is 281 g/mol. The molecular weight excluding hydrogens is 258 g/mol. The van der Waals surface area contributed by atoms with Crippen molar-refractivity contribution < 1.29 is 4.74 Å². The summed E-state index contributed by atoms with van der Waals surface area (Å²) >= 11 is 0. The minimum Gasteiger partial charge on any atom is -0.370 e. The summed E-state index contributed by atoms with van der Waals surface area (Å²) in [6, 6.07) is 17.7. The van der Waals surface area contributed by atoms with Gasteiger partial charge in [0.05, 0.1) is 18.8 Å². The molecule has 1 aliphatic rings. The van der Waals surface area contributed by atoms with Crippen LogP contribution in [0.25, 0.3) is 0 Å². The van der Waals surface area contributed by atoms with E-state index in [1.807, 2.05) is 0 Å². The molecule has 3 rings (SSSR count). The zero-order valence-corrected chi connectivity index (χ0v) is 13.0. The lowest BCUT2D eigenvalue weighted by Gasteiger charge is -2.45. The van der Waals surface area contributed by atoms with Crippen LogP contribution in [0.2, 0.25) is 0 Å². The van der Waals surface area contributed by atoms with Crippen molar-refractivity contribution in [2.75, 3.05) is 13.6 Å². The van der Waals surface area contributed by atoms with Crippen molar-refractivity contribution in [1.29, 1.82) is 0 Å². The second kappa shape index (κ2) is 6.00. The van der Waals surface area contributed by atoms with Crippen molar-refractivity contribution in [3.05, 3.63) is 70.8 Å². The number of hydrogen-bond donors (Lipinski definition) is 0. The van der Waals surface area contributed by atoms with Crippen molar-refractivity contribution in [3.8, 4) is 0 Å². The van der Waals surface area contributed by atoms with E-state index in [2.05, 4.69) is 74.3 Å². The third kappa shape index (κ3) is 3.17. The van der Waals surface area contributed by atoms with Gasteiger partial charge in [-0.25, -0.2) is 0 Å². The molecule has 110 valence electrons. The number of likely N-dealkylation sites (tertiary alicyclic amines) is 1. The number of rotatable bonds is 4. The van der Waals surface area contributed by atoms with Gasteiger partial charge in [-0.3, -0.25) is 4.90 Å². The molecule has 0 aliphatic carbocycles. The number of hydrogen-bond acceptors (Lipinski definition) is 2. The molecule has 2 atom stereocenters. The van der Waals surface area contributed by atoms with E-state index >= 15 is 0 Å². The summed E-state index contributed by atoms with van der Waals surface area (Å²) in [7, 11) is 2.16. The van der Waals surface area contributed by atoms with Gasteiger partial charge in [0.25, 0.3) is 0 Å². The van der Waals surface area contributed by atoms with Crippen molar-refractivity contribution in [3.63, 3.8) is 0 Å². The molecule has 21 heavy (non-hydrogen) atoms. The Morgan fingerprint density at radius 3 is 2.33 bits per heavy atom. The number of aryl methyl sites for hydroxylation is 2. The fourth-order valence-corrected chi connectivity index (χ4v) is 3.26. The second-order valence-electron chi connectivity index (χ2n) is 6.14. The van der Waals surface area contributed by atoms with E-state index in [-0.39, 0.29) is 0 Å². The van der Waals surface area contributed by atoms with Crippen LogP contribution in [0.3, 0.4) is 0 Å². The molecule has 0 saturated carbocycles. The third-order valence-corrected chi connectivity index (χ3v) is 4.18. The quantitative estimate of drug-likeness (QED) is 0.843. The molecule has 0 amide bonds. The lowest BCUT2D eigenvalue weighted by atomic mass is 9.92. The largest absolute Gasteiger partial charge is 0.370 e. The van der Waals surface area contributed by atoms with E-state index in [0.29, 0.717) is 18.8 Å². The topological polar surface area (TPSA) is 12.5 Å².